The van der Waals surface area contributed by atoms with Crippen molar-refractivity contribution in [3.8, 4) is 11.5 Å². The highest BCUT2D eigenvalue weighted by Gasteiger charge is 2.33. The Morgan fingerprint density at radius 1 is 1.22 bits per heavy atom. The summed E-state index contributed by atoms with van der Waals surface area (Å²) in [5.41, 5.74) is 0.511. The van der Waals surface area contributed by atoms with Crippen molar-refractivity contribution in [3.05, 3.63) is 65.7 Å². The molecule has 32 heavy (non-hydrogen) atoms. The standard InChI is InChI=1S/C22H24FN5O3S/c1-30-17-6-4-7-18(11-17)31-13-20-25-26-22(28(20)24)32-14-21(29)27(16-9-10-16)12-15-5-2-3-8-19(15)23/h2-8,11,16H,9-10,12-14,24H2,1H3. The van der Waals surface area contributed by atoms with Crippen molar-refractivity contribution in [2.24, 2.45) is 0 Å². The summed E-state index contributed by atoms with van der Waals surface area (Å²) < 4.78 is 26.2. The summed E-state index contributed by atoms with van der Waals surface area (Å²) in [6.07, 6.45) is 1.87. The van der Waals surface area contributed by atoms with Crippen LogP contribution in [0, 0.1) is 5.82 Å². The molecule has 1 aliphatic carbocycles. The van der Waals surface area contributed by atoms with Crippen molar-refractivity contribution in [1.82, 2.24) is 19.8 Å². The number of ether oxygens (including phenoxy) is 2. The van der Waals surface area contributed by atoms with E-state index in [2.05, 4.69) is 10.2 Å². The number of carbonyl (C=O) groups is 1. The normalized spacial score (nSPS) is 13.1. The number of amides is 1. The molecule has 0 bridgehead atoms. The summed E-state index contributed by atoms with van der Waals surface area (Å²) in [4.78, 5) is 14.6. The summed E-state index contributed by atoms with van der Waals surface area (Å²) in [5.74, 6) is 7.56. The van der Waals surface area contributed by atoms with Gasteiger partial charge in [-0.05, 0) is 31.0 Å². The summed E-state index contributed by atoms with van der Waals surface area (Å²) in [5, 5.41) is 8.53. The van der Waals surface area contributed by atoms with Crippen LogP contribution in [0.5, 0.6) is 11.5 Å². The Morgan fingerprint density at radius 3 is 2.75 bits per heavy atom. The number of nitrogens with two attached hydrogens (primary N) is 1. The topological polar surface area (TPSA) is 95.5 Å². The number of benzene rings is 2. The first-order valence-electron chi connectivity index (χ1n) is 10.2. The number of hydrogen-bond acceptors (Lipinski definition) is 7. The number of carbonyl (C=O) groups excluding carboxylic acids is 1. The molecule has 1 heterocycles. The zero-order chi connectivity index (χ0) is 22.5. The van der Waals surface area contributed by atoms with Gasteiger partial charge < -0.3 is 20.2 Å². The van der Waals surface area contributed by atoms with Crippen molar-refractivity contribution >= 4 is 17.7 Å². The zero-order valence-electron chi connectivity index (χ0n) is 17.6. The molecule has 0 unspecified atom stereocenters. The Hall–Kier alpha value is -3.27. The molecule has 168 valence electrons. The highest BCUT2D eigenvalue weighted by atomic mass is 32.2. The van der Waals surface area contributed by atoms with E-state index in [4.69, 9.17) is 15.3 Å². The fourth-order valence-corrected chi connectivity index (χ4v) is 3.93. The van der Waals surface area contributed by atoms with E-state index in [0.29, 0.717) is 28.0 Å². The second-order valence-electron chi connectivity index (χ2n) is 7.37. The Kier molecular flexibility index (Phi) is 6.79. The van der Waals surface area contributed by atoms with Crippen LogP contribution >= 0.6 is 11.8 Å². The third-order valence-corrected chi connectivity index (χ3v) is 6.00. The van der Waals surface area contributed by atoms with Gasteiger partial charge in [0.1, 0.15) is 23.9 Å². The van der Waals surface area contributed by atoms with Crippen LogP contribution in [0.25, 0.3) is 0 Å². The molecule has 1 fully saturated rings. The fourth-order valence-electron chi connectivity index (χ4n) is 3.17. The predicted molar refractivity (Wildman–Crippen MR) is 118 cm³/mol. The Balaban J connectivity index is 1.34. The van der Waals surface area contributed by atoms with Crippen LogP contribution in [0.4, 0.5) is 4.39 Å². The first-order valence-corrected chi connectivity index (χ1v) is 11.2. The highest BCUT2D eigenvalue weighted by molar-refractivity contribution is 7.99. The predicted octanol–water partition coefficient (Wildman–Crippen LogP) is 3.00. The number of nitrogens with zero attached hydrogens (tertiary/aromatic N) is 4. The van der Waals surface area contributed by atoms with Gasteiger partial charge in [0.15, 0.2) is 5.82 Å². The molecule has 0 aliphatic heterocycles. The second-order valence-corrected chi connectivity index (χ2v) is 8.31. The SMILES string of the molecule is COc1cccc(OCc2nnc(SCC(=O)N(Cc3ccccc3F)C3CC3)n2N)c1. The maximum atomic E-state index is 14.0. The Labute approximate surface area is 189 Å². The average Bonchev–Trinajstić information content (AvgIpc) is 3.59. The average molecular weight is 458 g/mol. The van der Waals surface area contributed by atoms with Gasteiger partial charge >= 0.3 is 0 Å². The minimum Gasteiger partial charge on any atom is -0.497 e. The molecule has 8 nitrogen and oxygen atoms in total. The number of rotatable bonds is 10. The van der Waals surface area contributed by atoms with E-state index in [1.54, 1.807) is 42.3 Å². The Morgan fingerprint density at radius 2 is 2.00 bits per heavy atom. The lowest BCUT2D eigenvalue weighted by atomic mass is 10.2. The third-order valence-electron chi connectivity index (χ3n) is 5.08. The molecular formula is C22H24FN5O3S. The summed E-state index contributed by atoms with van der Waals surface area (Å²) in [6.45, 7) is 0.373. The molecule has 1 aromatic heterocycles. The number of halogens is 1. The summed E-state index contributed by atoms with van der Waals surface area (Å²) in [7, 11) is 1.58. The van der Waals surface area contributed by atoms with Gasteiger partial charge in [-0.2, -0.15) is 0 Å². The molecule has 1 saturated carbocycles. The quantitative estimate of drug-likeness (QED) is 0.369. The lowest BCUT2D eigenvalue weighted by Crippen LogP contribution is -2.34. The first kappa shape index (κ1) is 21.9. The lowest BCUT2D eigenvalue weighted by molar-refractivity contribution is -0.129. The van der Waals surface area contributed by atoms with Gasteiger partial charge in [0.05, 0.1) is 12.9 Å². The number of aromatic nitrogens is 3. The number of thioether (sulfide) groups is 1. The number of methoxy groups -OCH3 is 1. The van der Waals surface area contributed by atoms with Crippen LogP contribution in [0.15, 0.2) is 53.7 Å². The monoisotopic (exact) mass is 457 g/mol. The van der Waals surface area contributed by atoms with Crippen LogP contribution < -0.4 is 15.3 Å². The minimum absolute atomic E-state index is 0.0852. The first-order chi connectivity index (χ1) is 15.5. The lowest BCUT2D eigenvalue weighted by Gasteiger charge is -2.22. The van der Waals surface area contributed by atoms with Gasteiger partial charge in [0.25, 0.3) is 0 Å². The Bertz CT molecular complexity index is 1090. The molecule has 0 atom stereocenters. The van der Waals surface area contributed by atoms with Crippen molar-refractivity contribution in [1.29, 1.82) is 0 Å². The van der Waals surface area contributed by atoms with E-state index in [1.165, 1.54) is 22.5 Å². The van der Waals surface area contributed by atoms with Crippen LogP contribution in [-0.4, -0.2) is 44.6 Å². The molecule has 10 heteroatoms. The molecule has 0 radical (unpaired) electrons. The van der Waals surface area contributed by atoms with Gasteiger partial charge in [-0.3, -0.25) is 4.79 Å². The maximum Gasteiger partial charge on any atom is 0.233 e. The van der Waals surface area contributed by atoms with Gasteiger partial charge in [-0.25, -0.2) is 9.07 Å². The molecule has 4 rings (SSSR count). The summed E-state index contributed by atoms with van der Waals surface area (Å²) >= 11 is 1.20. The van der Waals surface area contributed by atoms with Crippen LogP contribution in [0.3, 0.4) is 0 Å². The molecule has 2 N–H and O–H groups in total. The van der Waals surface area contributed by atoms with Gasteiger partial charge in [-0.1, -0.05) is 36.0 Å². The van der Waals surface area contributed by atoms with Crippen LogP contribution in [0.1, 0.15) is 24.2 Å². The van der Waals surface area contributed by atoms with Crippen LogP contribution in [-0.2, 0) is 17.9 Å². The molecule has 1 amide bonds. The van der Waals surface area contributed by atoms with E-state index in [1.807, 2.05) is 12.1 Å². The van der Waals surface area contributed by atoms with Crippen molar-refractivity contribution in [3.63, 3.8) is 0 Å². The fraction of sp³-hybridized carbons (Fsp3) is 0.318. The van der Waals surface area contributed by atoms with E-state index in [-0.39, 0.29) is 36.7 Å². The second kappa shape index (κ2) is 9.90. The van der Waals surface area contributed by atoms with Gasteiger partial charge in [0, 0.05) is 24.2 Å². The van der Waals surface area contributed by atoms with Crippen molar-refractivity contribution < 1.29 is 18.7 Å². The smallest absolute Gasteiger partial charge is 0.233 e. The molecule has 3 aromatic rings. The largest absolute Gasteiger partial charge is 0.497 e. The van der Waals surface area contributed by atoms with Gasteiger partial charge in [-0.15, -0.1) is 10.2 Å². The maximum absolute atomic E-state index is 14.0. The van der Waals surface area contributed by atoms with Gasteiger partial charge in [0.2, 0.25) is 11.1 Å². The highest BCUT2D eigenvalue weighted by Crippen LogP contribution is 2.30. The molecular weight excluding hydrogens is 433 g/mol. The molecule has 0 spiro atoms. The molecule has 1 aliphatic rings. The van der Waals surface area contributed by atoms with Crippen molar-refractivity contribution in [2.45, 2.75) is 37.2 Å². The summed E-state index contributed by atoms with van der Waals surface area (Å²) in [6, 6.07) is 13.9. The molecule has 2 aromatic carbocycles. The van der Waals surface area contributed by atoms with Crippen LogP contribution in [0.2, 0.25) is 0 Å². The number of hydrogen-bond donors (Lipinski definition) is 1. The van der Waals surface area contributed by atoms with E-state index < -0.39 is 0 Å². The van der Waals surface area contributed by atoms with E-state index >= 15 is 0 Å². The molecule has 0 saturated heterocycles. The zero-order valence-corrected chi connectivity index (χ0v) is 18.4. The minimum atomic E-state index is -0.305. The number of nitrogen functional groups attached to an aromatic ring is 1. The van der Waals surface area contributed by atoms with E-state index in [9.17, 15) is 9.18 Å². The van der Waals surface area contributed by atoms with E-state index in [0.717, 1.165) is 12.8 Å². The third kappa shape index (κ3) is 5.31. The van der Waals surface area contributed by atoms with Crippen molar-refractivity contribution in [2.75, 3.05) is 18.7 Å².